The molecule has 4 heterocycles. The molecule has 3 aromatic heterocycles. The maximum absolute atomic E-state index is 14.8. The monoisotopic (exact) mass is 650 g/mol. The van der Waals surface area contributed by atoms with Crippen LogP contribution in [0.5, 0.6) is 0 Å². The van der Waals surface area contributed by atoms with Crippen LogP contribution < -0.4 is 5.56 Å². The molecule has 8 nitrogen and oxygen atoms in total. The fraction of sp³-hybridized carbons (Fsp3) is 0.571. The third-order valence-electron chi connectivity index (χ3n) is 9.97. The van der Waals surface area contributed by atoms with Crippen molar-refractivity contribution >= 4 is 19.0 Å². The van der Waals surface area contributed by atoms with Crippen molar-refractivity contribution in [1.82, 2.24) is 28.8 Å². The van der Waals surface area contributed by atoms with Crippen molar-refractivity contribution in [3.8, 4) is 5.69 Å². The van der Waals surface area contributed by atoms with E-state index in [4.69, 9.17) is 4.74 Å². The van der Waals surface area contributed by atoms with Crippen LogP contribution in [0.4, 0.5) is 8.78 Å². The Morgan fingerprint density at radius 1 is 1.13 bits per heavy atom. The molecule has 1 saturated carbocycles. The number of hydrogen-bond acceptors (Lipinski definition) is 5. The Morgan fingerprint density at radius 2 is 1.91 bits per heavy atom. The topological polar surface area (TPSA) is 70.1 Å². The van der Waals surface area contributed by atoms with E-state index < -0.39 is 14.5 Å². The summed E-state index contributed by atoms with van der Waals surface area (Å²) in [5, 5.41) is 8.91. The summed E-state index contributed by atoms with van der Waals surface area (Å²) in [6, 6.07) is 10.5. The van der Waals surface area contributed by atoms with Crippen LogP contribution in [0.1, 0.15) is 68.6 Å². The highest BCUT2D eigenvalue weighted by molar-refractivity contribution is 6.76. The summed E-state index contributed by atoms with van der Waals surface area (Å²) in [5.41, 5.74) is 1.88. The van der Waals surface area contributed by atoms with Gasteiger partial charge in [-0.05, 0) is 73.9 Å². The van der Waals surface area contributed by atoms with Crippen LogP contribution in [0, 0.1) is 11.8 Å². The molecule has 6 rings (SSSR count). The van der Waals surface area contributed by atoms with Crippen LogP contribution in [0.3, 0.4) is 0 Å². The summed E-state index contributed by atoms with van der Waals surface area (Å²) in [5.74, 6) is 1.96. The Kier molecular flexibility index (Phi) is 9.12. The predicted molar refractivity (Wildman–Crippen MR) is 180 cm³/mol. The molecule has 0 radical (unpaired) electrons. The summed E-state index contributed by atoms with van der Waals surface area (Å²) in [7, 11) is 0.602. The number of nitrogens with zero attached hydrogens (tertiary/aromatic N) is 6. The van der Waals surface area contributed by atoms with Crippen molar-refractivity contribution in [2.75, 3.05) is 19.7 Å². The van der Waals surface area contributed by atoms with Crippen LogP contribution in [0.15, 0.2) is 47.7 Å². The lowest BCUT2D eigenvalue weighted by Gasteiger charge is -2.46. The number of pyridine rings is 1. The van der Waals surface area contributed by atoms with E-state index in [1.54, 1.807) is 12.4 Å². The molecule has 46 heavy (non-hydrogen) atoms. The number of rotatable bonds is 11. The van der Waals surface area contributed by atoms with Crippen molar-refractivity contribution in [3.63, 3.8) is 0 Å². The largest absolute Gasteiger partial charge is 0.361 e. The van der Waals surface area contributed by atoms with Crippen LogP contribution in [0.25, 0.3) is 16.6 Å². The third kappa shape index (κ3) is 6.38. The molecular formula is C35H48F2N6O2Si. The first kappa shape index (κ1) is 32.8. The zero-order valence-corrected chi connectivity index (χ0v) is 29.1. The first-order chi connectivity index (χ1) is 21.9. The molecule has 0 spiro atoms. The smallest absolute Gasteiger partial charge is 0.279 e. The van der Waals surface area contributed by atoms with Gasteiger partial charge >= 0.3 is 0 Å². The average molecular weight is 651 g/mol. The number of likely N-dealkylation sites (tertiary alicyclic amines) is 1. The van der Waals surface area contributed by atoms with E-state index in [1.807, 2.05) is 34.4 Å². The van der Waals surface area contributed by atoms with Gasteiger partial charge in [-0.15, -0.1) is 10.2 Å². The standard InChI is InChI=1S/C35H48F2N6O2Si/c1-24-9-8-12-41(19-24)20-28-16-29-30(32(36)37)21-42(33(44)31(29)43(28)23-45-13-14-46(4,5)6)27-11-7-10-26(15-27)35(17-25(2)18-35)34-39-38-22-40(34)3/h7,10-11,15-16,21-22,24-25,32H,8-9,12-14,17-20,23H2,1-6H3/t24-,25?,35?/m0/s1. The Morgan fingerprint density at radius 3 is 2.57 bits per heavy atom. The Bertz CT molecular complexity index is 1750. The van der Waals surface area contributed by atoms with E-state index in [-0.39, 0.29) is 28.8 Å². The van der Waals surface area contributed by atoms with Gasteiger partial charge in [0, 0.05) is 63.3 Å². The van der Waals surface area contributed by atoms with Crippen LogP contribution in [-0.2, 0) is 30.5 Å². The van der Waals surface area contributed by atoms with Crippen LogP contribution in [0.2, 0.25) is 25.7 Å². The lowest BCUT2D eigenvalue weighted by atomic mass is 9.58. The molecule has 0 amide bonds. The molecule has 1 aliphatic heterocycles. The zero-order valence-electron chi connectivity index (χ0n) is 28.1. The van der Waals surface area contributed by atoms with Gasteiger partial charge in [-0.25, -0.2) is 8.78 Å². The molecule has 11 heteroatoms. The number of halogens is 2. The first-order valence-corrected chi connectivity index (χ1v) is 20.4. The van der Waals surface area contributed by atoms with Crippen molar-refractivity contribution in [3.05, 3.63) is 75.9 Å². The van der Waals surface area contributed by atoms with E-state index in [9.17, 15) is 13.6 Å². The second kappa shape index (κ2) is 12.8. The second-order valence-electron chi connectivity index (χ2n) is 15.1. The summed E-state index contributed by atoms with van der Waals surface area (Å²) < 4.78 is 41.1. The maximum Gasteiger partial charge on any atom is 0.279 e. The fourth-order valence-electron chi connectivity index (χ4n) is 7.62. The summed E-state index contributed by atoms with van der Waals surface area (Å²) in [6.45, 7) is 14.6. The maximum atomic E-state index is 14.8. The molecule has 0 bridgehead atoms. The third-order valence-corrected chi connectivity index (χ3v) is 11.7. The highest BCUT2D eigenvalue weighted by Gasteiger charge is 2.48. The number of ether oxygens (including phenoxy) is 1. The van der Waals surface area contributed by atoms with Gasteiger partial charge in [0.15, 0.2) is 0 Å². The fourth-order valence-corrected chi connectivity index (χ4v) is 8.38. The minimum atomic E-state index is -2.75. The van der Waals surface area contributed by atoms with Crippen LogP contribution in [-0.4, -0.2) is 56.6 Å². The van der Waals surface area contributed by atoms with Gasteiger partial charge in [0.25, 0.3) is 12.0 Å². The van der Waals surface area contributed by atoms with Crippen molar-refractivity contribution < 1.29 is 13.5 Å². The number of piperidine rings is 1. The average Bonchev–Trinajstić information content (AvgIpc) is 3.56. The van der Waals surface area contributed by atoms with Crippen molar-refractivity contribution in [2.24, 2.45) is 18.9 Å². The van der Waals surface area contributed by atoms with Crippen LogP contribution >= 0.6 is 0 Å². The van der Waals surface area contributed by atoms with Gasteiger partial charge in [0.05, 0.1) is 5.41 Å². The van der Waals surface area contributed by atoms with E-state index in [1.165, 1.54) is 17.2 Å². The van der Waals surface area contributed by atoms with E-state index in [0.29, 0.717) is 36.1 Å². The quantitative estimate of drug-likeness (QED) is 0.128. The molecule has 1 atom stereocenters. The Hall–Kier alpha value is -3.15. The molecule has 2 aliphatic rings. The van der Waals surface area contributed by atoms with E-state index in [0.717, 1.165) is 55.5 Å². The van der Waals surface area contributed by atoms with E-state index >= 15 is 0 Å². The van der Waals surface area contributed by atoms with E-state index in [2.05, 4.69) is 54.7 Å². The van der Waals surface area contributed by atoms with Gasteiger partial charge in [-0.2, -0.15) is 0 Å². The minimum absolute atomic E-state index is 0.144. The Balaban J connectivity index is 1.46. The molecular weight excluding hydrogens is 603 g/mol. The molecule has 2 fully saturated rings. The molecule has 4 aromatic rings. The number of aromatic nitrogens is 5. The highest BCUT2D eigenvalue weighted by Crippen LogP contribution is 2.51. The Labute approximate surface area is 271 Å². The van der Waals surface area contributed by atoms with Crippen molar-refractivity contribution in [1.29, 1.82) is 0 Å². The van der Waals surface area contributed by atoms with Gasteiger partial charge in [-0.1, -0.05) is 45.6 Å². The summed E-state index contributed by atoms with van der Waals surface area (Å²) in [4.78, 5) is 16.8. The van der Waals surface area contributed by atoms with Gasteiger partial charge in [0.1, 0.15) is 24.4 Å². The SMILES string of the molecule is CC1CC(c2cccc(-n3cc(C(F)F)c4cc(CN5CCC[C@H](C)C5)n(COCC[Si](C)(C)C)c4c3=O)c2)(c2nncn2C)C1. The number of benzene rings is 1. The highest BCUT2D eigenvalue weighted by atomic mass is 28.3. The number of aryl methyl sites for hydroxylation is 1. The lowest BCUT2D eigenvalue weighted by molar-refractivity contribution is 0.0848. The molecule has 1 aromatic carbocycles. The molecule has 0 unspecified atom stereocenters. The zero-order chi connectivity index (χ0) is 32.8. The minimum Gasteiger partial charge on any atom is -0.361 e. The molecule has 0 N–H and O–H groups in total. The van der Waals surface area contributed by atoms with Crippen molar-refractivity contribution in [2.45, 2.75) is 90.3 Å². The number of fused-ring (bicyclic) bond motifs is 1. The van der Waals surface area contributed by atoms with Gasteiger partial charge in [-0.3, -0.25) is 14.3 Å². The predicted octanol–water partition coefficient (Wildman–Crippen LogP) is 7.12. The summed E-state index contributed by atoms with van der Waals surface area (Å²) in [6.07, 6.45) is 4.39. The second-order valence-corrected chi connectivity index (χ2v) is 20.7. The summed E-state index contributed by atoms with van der Waals surface area (Å²) >= 11 is 0. The lowest BCUT2D eigenvalue weighted by Crippen LogP contribution is -2.43. The molecule has 248 valence electrons. The molecule has 1 aliphatic carbocycles. The first-order valence-electron chi connectivity index (χ1n) is 16.7. The number of alkyl halides is 2. The molecule has 1 saturated heterocycles. The normalized spacial score (nSPS) is 22.5. The number of hydrogen-bond donors (Lipinski definition) is 0. The van der Waals surface area contributed by atoms with Gasteiger partial charge in [0.2, 0.25) is 0 Å². The van der Waals surface area contributed by atoms with Gasteiger partial charge < -0.3 is 13.9 Å².